The highest BCUT2D eigenvalue weighted by Gasteiger charge is 2.24. The SMILES string of the molecule is O=C(Nc1cccc(Cl)c1)N1CCCN(C(=O)c2ccc(-c3ccccc3)[nH]c2=O)CC1. The third-order valence-corrected chi connectivity index (χ3v) is 5.61. The van der Waals surface area contributed by atoms with Crippen molar-refractivity contribution in [2.45, 2.75) is 6.42 Å². The number of halogens is 1. The number of pyridine rings is 1. The number of hydrogen-bond acceptors (Lipinski definition) is 3. The number of benzene rings is 2. The van der Waals surface area contributed by atoms with E-state index in [9.17, 15) is 14.4 Å². The fourth-order valence-electron chi connectivity index (χ4n) is 3.69. The smallest absolute Gasteiger partial charge is 0.321 e. The Labute approximate surface area is 190 Å². The Kier molecular flexibility index (Phi) is 6.56. The summed E-state index contributed by atoms with van der Waals surface area (Å²) >= 11 is 5.97. The summed E-state index contributed by atoms with van der Waals surface area (Å²) in [5.74, 6) is -0.331. The number of aromatic nitrogens is 1. The van der Waals surface area contributed by atoms with Gasteiger partial charge in [0.05, 0.1) is 0 Å². The van der Waals surface area contributed by atoms with Crippen LogP contribution in [0, 0.1) is 0 Å². The number of aromatic amines is 1. The van der Waals surface area contributed by atoms with Crippen LogP contribution in [-0.4, -0.2) is 52.9 Å². The molecule has 0 aliphatic carbocycles. The molecule has 7 nitrogen and oxygen atoms in total. The normalized spacial score (nSPS) is 14.0. The van der Waals surface area contributed by atoms with E-state index in [1.165, 1.54) is 0 Å². The van der Waals surface area contributed by atoms with Crippen LogP contribution >= 0.6 is 11.6 Å². The summed E-state index contributed by atoms with van der Waals surface area (Å²) < 4.78 is 0. The predicted octanol–water partition coefficient (Wildman–Crippen LogP) is 4.08. The summed E-state index contributed by atoms with van der Waals surface area (Å²) in [5.41, 5.74) is 1.83. The van der Waals surface area contributed by atoms with E-state index < -0.39 is 5.56 Å². The number of nitrogens with zero attached hydrogens (tertiary/aromatic N) is 2. The number of H-pyrrole nitrogens is 1. The molecule has 0 spiro atoms. The molecule has 0 radical (unpaired) electrons. The fraction of sp³-hybridized carbons (Fsp3) is 0.208. The van der Waals surface area contributed by atoms with Gasteiger partial charge in [-0.05, 0) is 42.3 Å². The van der Waals surface area contributed by atoms with Gasteiger partial charge in [-0.3, -0.25) is 9.59 Å². The van der Waals surface area contributed by atoms with Gasteiger partial charge in [0.2, 0.25) is 0 Å². The number of amides is 3. The summed E-state index contributed by atoms with van der Waals surface area (Å²) in [6.07, 6.45) is 0.620. The highest BCUT2D eigenvalue weighted by atomic mass is 35.5. The molecule has 1 aromatic heterocycles. The van der Waals surface area contributed by atoms with Gasteiger partial charge in [0, 0.05) is 42.6 Å². The van der Waals surface area contributed by atoms with Gasteiger partial charge in [-0.25, -0.2) is 4.79 Å². The monoisotopic (exact) mass is 450 g/mol. The van der Waals surface area contributed by atoms with E-state index in [0.29, 0.717) is 49.0 Å². The first-order valence-electron chi connectivity index (χ1n) is 10.4. The molecule has 0 atom stereocenters. The lowest BCUT2D eigenvalue weighted by molar-refractivity contribution is 0.0761. The van der Waals surface area contributed by atoms with Crippen LogP contribution in [0.3, 0.4) is 0 Å². The lowest BCUT2D eigenvalue weighted by Gasteiger charge is -2.22. The van der Waals surface area contributed by atoms with Crippen molar-refractivity contribution < 1.29 is 9.59 Å². The Morgan fingerprint density at radius 3 is 2.38 bits per heavy atom. The molecule has 1 aliphatic rings. The van der Waals surface area contributed by atoms with Crippen molar-refractivity contribution in [1.29, 1.82) is 0 Å². The summed E-state index contributed by atoms with van der Waals surface area (Å²) in [7, 11) is 0. The first-order chi connectivity index (χ1) is 15.5. The topological polar surface area (TPSA) is 85.5 Å². The van der Waals surface area contributed by atoms with E-state index >= 15 is 0 Å². The van der Waals surface area contributed by atoms with E-state index in [0.717, 1.165) is 5.56 Å². The first kappa shape index (κ1) is 21.6. The molecule has 8 heteroatoms. The largest absolute Gasteiger partial charge is 0.337 e. The molecule has 0 unspecified atom stereocenters. The van der Waals surface area contributed by atoms with E-state index in [2.05, 4.69) is 10.3 Å². The zero-order valence-electron chi connectivity index (χ0n) is 17.4. The van der Waals surface area contributed by atoms with Crippen LogP contribution in [0.2, 0.25) is 5.02 Å². The van der Waals surface area contributed by atoms with Gasteiger partial charge in [-0.2, -0.15) is 0 Å². The molecule has 0 saturated carbocycles. The summed E-state index contributed by atoms with van der Waals surface area (Å²) in [4.78, 5) is 44.3. The Balaban J connectivity index is 1.41. The van der Waals surface area contributed by atoms with Crippen LogP contribution in [0.5, 0.6) is 0 Å². The Hall–Kier alpha value is -3.58. The van der Waals surface area contributed by atoms with Gasteiger partial charge >= 0.3 is 6.03 Å². The zero-order valence-corrected chi connectivity index (χ0v) is 18.1. The van der Waals surface area contributed by atoms with Crippen molar-refractivity contribution in [2.75, 3.05) is 31.5 Å². The average Bonchev–Trinajstić information content (AvgIpc) is 3.06. The molecule has 2 aromatic carbocycles. The number of anilines is 1. The minimum Gasteiger partial charge on any atom is -0.337 e. The summed E-state index contributed by atoms with van der Waals surface area (Å²) in [5, 5.41) is 3.37. The second kappa shape index (κ2) is 9.70. The standard InChI is InChI=1S/C24H23ClN4O3/c25-18-8-4-9-19(16-18)26-24(32)29-13-5-12-28(14-15-29)23(31)20-10-11-21(27-22(20)30)17-6-2-1-3-7-17/h1-4,6-11,16H,5,12-15H2,(H,26,32)(H,27,30). The quantitative estimate of drug-likeness (QED) is 0.630. The molecular weight excluding hydrogens is 428 g/mol. The van der Waals surface area contributed by atoms with E-state index in [1.54, 1.807) is 46.2 Å². The van der Waals surface area contributed by atoms with Crippen molar-refractivity contribution in [1.82, 2.24) is 14.8 Å². The Bertz CT molecular complexity index is 1180. The molecule has 2 heterocycles. The van der Waals surface area contributed by atoms with E-state index in [-0.39, 0.29) is 17.5 Å². The van der Waals surface area contributed by atoms with Crippen LogP contribution in [0.25, 0.3) is 11.3 Å². The molecule has 164 valence electrons. The minimum absolute atomic E-state index is 0.0986. The average molecular weight is 451 g/mol. The number of urea groups is 1. The molecule has 32 heavy (non-hydrogen) atoms. The molecule has 1 fully saturated rings. The maximum atomic E-state index is 13.0. The molecule has 3 amide bonds. The van der Waals surface area contributed by atoms with Crippen LogP contribution in [0.4, 0.5) is 10.5 Å². The van der Waals surface area contributed by atoms with Crippen LogP contribution in [-0.2, 0) is 0 Å². The molecule has 2 N–H and O–H groups in total. The maximum absolute atomic E-state index is 13.0. The number of rotatable bonds is 3. The predicted molar refractivity (Wildman–Crippen MR) is 125 cm³/mol. The van der Waals surface area contributed by atoms with Crippen molar-refractivity contribution >= 4 is 29.2 Å². The molecule has 1 saturated heterocycles. The number of nitrogens with one attached hydrogen (secondary N) is 2. The molecule has 0 bridgehead atoms. The van der Waals surface area contributed by atoms with Crippen molar-refractivity contribution in [3.63, 3.8) is 0 Å². The first-order valence-corrected chi connectivity index (χ1v) is 10.8. The third-order valence-electron chi connectivity index (χ3n) is 5.37. The molecular formula is C24H23ClN4O3. The highest BCUT2D eigenvalue weighted by molar-refractivity contribution is 6.30. The van der Waals surface area contributed by atoms with Crippen LogP contribution in [0.15, 0.2) is 71.5 Å². The second-order valence-electron chi connectivity index (χ2n) is 7.55. The lowest BCUT2D eigenvalue weighted by atomic mass is 10.1. The molecule has 1 aliphatic heterocycles. The molecule has 4 rings (SSSR count). The van der Waals surface area contributed by atoms with Crippen molar-refractivity contribution in [3.05, 3.63) is 87.7 Å². The van der Waals surface area contributed by atoms with Crippen LogP contribution in [0.1, 0.15) is 16.8 Å². The van der Waals surface area contributed by atoms with Crippen molar-refractivity contribution in [3.8, 4) is 11.3 Å². The molecule has 3 aromatic rings. The van der Waals surface area contributed by atoms with Gasteiger partial charge in [-0.1, -0.05) is 48.0 Å². The van der Waals surface area contributed by atoms with Crippen molar-refractivity contribution in [2.24, 2.45) is 0 Å². The van der Waals surface area contributed by atoms with Gasteiger partial charge in [0.1, 0.15) is 5.56 Å². The number of carbonyl (C=O) groups excluding carboxylic acids is 2. The minimum atomic E-state index is -0.420. The van der Waals surface area contributed by atoms with Crippen LogP contribution < -0.4 is 10.9 Å². The van der Waals surface area contributed by atoms with Gasteiger partial charge in [-0.15, -0.1) is 0 Å². The Morgan fingerprint density at radius 2 is 1.62 bits per heavy atom. The van der Waals surface area contributed by atoms with Gasteiger partial charge < -0.3 is 20.1 Å². The highest BCUT2D eigenvalue weighted by Crippen LogP contribution is 2.17. The van der Waals surface area contributed by atoms with E-state index in [4.69, 9.17) is 11.6 Å². The third kappa shape index (κ3) is 5.00. The maximum Gasteiger partial charge on any atom is 0.321 e. The number of hydrogen-bond donors (Lipinski definition) is 2. The lowest BCUT2D eigenvalue weighted by Crippen LogP contribution is -2.40. The number of carbonyl (C=O) groups is 2. The zero-order chi connectivity index (χ0) is 22.5. The summed E-state index contributed by atoms with van der Waals surface area (Å²) in [6.45, 7) is 1.71. The Morgan fingerprint density at radius 1 is 0.875 bits per heavy atom. The van der Waals surface area contributed by atoms with Gasteiger partial charge in [0.15, 0.2) is 0 Å². The fourth-order valence-corrected chi connectivity index (χ4v) is 3.88. The van der Waals surface area contributed by atoms with E-state index in [1.807, 2.05) is 30.3 Å². The second-order valence-corrected chi connectivity index (χ2v) is 7.99. The van der Waals surface area contributed by atoms with Gasteiger partial charge in [0.25, 0.3) is 11.5 Å². The summed E-state index contributed by atoms with van der Waals surface area (Å²) in [6, 6.07) is 19.5.